The Balaban J connectivity index is 1.74. The third kappa shape index (κ3) is 3.83. The molecule has 1 N–H and O–H groups in total. The van der Waals surface area contributed by atoms with Crippen LogP contribution >= 0.6 is 11.6 Å². The van der Waals surface area contributed by atoms with Gasteiger partial charge in [0.1, 0.15) is 5.82 Å². The van der Waals surface area contributed by atoms with Gasteiger partial charge in [-0.3, -0.25) is 0 Å². The normalized spacial score (nSPS) is 15.1. The topological polar surface area (TPSA) is 12.0 Å². The predicted molar refractivity (Wildman–Crippen MR) is 69.7 cm³/mol. The summed E-state index contributed by atoms with van der Waals surface area (Å²) in [5.41, 5.74) is 2.51. The van der Waals surface area contributed by atoms with E-state index >= 15 is 0 Å². The van der Waals surface area contributed by atoms with Gasteiger partial charge in [0.2, 0.25) is 0 Å². The highest BCUT2D eigenvalue weighted by molar-refractivity contribution is 6.31. The van der Waals surface area contributed by atoms with Crippen molar-refractivity contribution in [2.45, 2.75) is 32.2 Å². The maximum Gasteiger partial charge on any atom is 0.124 e. The number of hydrogen-bond acceptors (Lipinski definition) is 1. The van der Waals surface area contributed by atoms with E-state index < -0.39 is 0 Å². The summed E-state index contributed by atoms with van der Waals surface area (Å²) < 4.78 is 12.8. The molecule has 1 aliphatic rings. The minimum absolute atomic E-state index is 0.283. The molecule has 0 heterocycles. The van der Waals surface area contributed by atoms with Crippen molar-refractivity contribution < 1.29 is 4.39 Å². The molecule has 0 saturated heterocycles. The molecule has 0 amide bonds. The fraction of sp³-hybridized carbons (Fsp3) is 0.429. The second-order valence-corrected chi connectivity index (χ2v) is 4.82. The van der Waals surface area contributed by atoms with Crippen LogP contribution in [0.1, 0.15) is 31.2 Å². The van der Waals surface area contributed by atoms with Crippen LogP contribution in [0.25, 0.3) is 0 Å². The molecule has 1 aromatic carbocycles. The molecule has 92 valence electrons. The van der Waals surface area contributed by atoms with E-state index in [1.54, 1.807) is 11.6 Å². The molecular formula is C14H17ClFN. The van der Waals surface area contributed by atoms with E-state index in [-0.39, 0.29) is 5.82 Å². The molecule has 0 saturated carbocycles. The fourth-order valence-electron chi connectivity index (χ4n) is 2.10. The first-order valence-corrected chi connectivity index (χ1v) is 6.46. The number of nitrogens with one attached hydrogen (secondary N) is 1. The van der Waals surface area contributed by atoms with Crippen LogP contribution in [-0.2, 0) is 6.54 Å². The van der Waals surface area contributed by atoms with Gasteiger partial charge in [-0.2, -0.15) is 0 Å². The van der Waals surface area contributed by atoms with Gasteiger partial charge in [-0.05, 0) is 49.9 Å². The lowest BCUT2D eigenvalue weighted by molar-refractivity contribution is 0.624. The summed E-state index contributed by atoms with van der Waals surface area (Å²) in [5.74, 6) is -0.283. The SMILES string of the molecule is Fc1ccc(CNCCC2=CCCC2)c(Cl)c1. The number of halogens is 2. The van der Waals surface area contributed by atoms with E-state index in [1.165, 1.54) is 31.4 Å². The maximum absolute atomic E-state index is 12.8. The van der Waals surface area contributed by atoms with Gasteiger partial charge < -0.3 is 5.32 Å². The summed E-state index contributed by atoms with van der Waals surface area (Å²) in [5, 5.41) is 3.84. The Hall–Kier alpha value is -0.860. The smallest absolute Gasteiger partial charge is 0.124 e. The molecule has 0 bridgehead atoms. The van der Waals surface area contributed by atoms with Crippen LogP contribution < -0.4 is 5.32 Å². The van der Waals surface area contributed by atoms with Crippen LogP contribution in [-0.4, -0.2) is 6.54 Å². The quantitative estimate of drug-likeness (QED) is 0.616. The minimum Gasteiger partial charge on any atom is -0.312 e. The molecule has 0 fully saturated rings. The van der Waals surface area contributed by atoms with Gasteiger partial charge in [0.15, 0.2) is 0 Å². The van der Waals surface area contributed by atoms with E-state index in [2.05, 4.69) is 11.4 Å². The Morgan fingerprint density at radius 2 is 2.24 bits per heavy atom. The van der Waals surface area contributed by atoms with Crippen molar-refractivity contribution >= 4 is 11.6 Å². The van der Waals surface area contributed by atoms with Crippen molar-refractivity contribution in [3.8, 4) is 0 Å². The molecule has 3 heteroatoms. The summed E-state index contributed by atoms with van der Waals surface area (Å²) in [6, 6.07) is 4.54. The lowest BCUT2D eigenvalue weighted by Gasteiger charge is -2.07. The van der Waals surface area contributed by atoms with Gasteiger partial charge in [-0.1, -0.05) is 29.3 Å². The molecule has 0 atom stereocenters. The highest BCUT2D eigenvalue weighted by Crippen LogP contribution is 2.20. The van der Waals surface area contributed by atoms with Crippen molar-refractivity contribution in [2.75, 3.05) is 6.54 Å². The number of allylic oxidation sites excluding steroid dienone is 1. The molecule has 1 aromatic rings. The Kier molecular flexibility index (Phi) is 4.57. The fourth-order valence-corrected chi connectivity index (χ4v) is 2.34. The van der Waals surface area contributed by atoms with Gasteiger partial charge in [0, 0.05) is 11.6 Å². The van der Waals surface area contributed by atoms with Crippen LogP contribution in [0.3, 0.4) is 0 Å². The lowest BCUT2D eigenvalue weighted by atomic mass is 10.1. The van der Waals surface area contributed by atoms with Crippen LogP contribution in [0.5, 0.6) is 0 Å². The third-order valence-electron chi connectivity index (χ3n) is 3.09. The van der Waals surface area contributed by atoms with Gasteiger partial charge in [0.25, 0.3) is 0 Å². The van der Waals surface area contributed by atoms with E-state index in [0.717, 1.165) is 18.5 Å². The minimum atomic E-state index is -0.283. The monoisotopic (exact) mass is 253 g/mol. The average molecular weight is 254 g/mol. The molecule has 0 radical (unpaired) electrons. The Morgan fingerprint density at radius 3 is 2.94 bits per heavy atom. The van der Waals surface area contributed by atoms with Crippen molar-refractivity contribution in [3.05, 3.63) is 46.3 Å². The molecule has 2 rings (SSSR count). The Labute approximate surface area is 107 Å². The first-order valence-electron chi connectivity index (χ1n) is 6.08. The van der Waals surface area contributed by atoms with Crippen molar-refractivity contribution in [1.29, 1.82) is 0 Å². The largest absolute Gasteiger partial charge is 0.312 e. The molecular weight excluding hydrogens is 237 g/mol. The zero-order valence-corrected chi connectivity index (χ0v) is 10.6. The van der Waals surface area contributed by atoms with Crippen LogP contribution in [0, 0.1) is 5.82 Å². The molecule has 17 heavy (non-hydrogen) atoms. The second-order valence-electron chi connectivity index (χ2n) is 4.42. The second kappa shape index (κ2) is 6.18. The van der Waals surface area contributed by atoms with Crippen molar-refractivity contribution in [3.63, 3.8) is 0 Å². The predicted octanol–water partition coefficient (Wildman–Crippen LogP) is 4.07. The molecule has 0 aliphatic heterocycles. The number of rotatable bonds is 5. The number of hydrogen-bond donors (Lipinski definition) is 1. The van der Waals surface area contributed by atoms with Crippen LogP contribution in [0.4, 0.5) is 4.39 Å². The molecule has 0 spiro atoms. The Morgan fingerprint density at radius 1 is 1.35 bits per heavy atom. The summed E-state index contributed by atoms with van der Waals surface area (Å²) in [7, 11) is 0. The summed E-state index contributed by atoms with van der Waals surface area (Å²) in [6.07, 6.45) is 7.24. The molecule has 1 nitrogen and oxygen atoms in total. The molecule has 0 aromatic heterocycles. The van der Waals surface area contributed by atoms with Crippen LogP contribution in [0.2, 0.25) is 5.02 Å². The van der Waals surface area contributed by atoms with E-state index in [1.807, 2.05) is 0 Å². The van der Waals surface area contributed by atoms with Gasteiger partial charge >= 0.3 is 0 Å². The zero-order chi connectivity index (χ0) is 12.1. The first-order chi connectivity index (χ1) is 8.25. The Bertz CT molecular complexity index is 415. The summed E-state index contributed by atoms with van der Waals surface area (Å²) in [6.45, 7) is 1.66. The van der Waals surface area contributed by atoms with Crippen molar-refractivity contribution in [1.82, 2.24) is 5.32 Å². The highest BCUT2D eigenvalue weighted by Gasteiger charge is 2.04. The third-order valence-corrected chi connectivity index (χ3v) is 3.44. The average Bonchev–Trinajstić information content (AvgIpc) is 2.79. The van der Waals surface area contributed by atoms with Crippen LogP contribution in [0.15, 0.2) is 29.8 Å². The maximum atomic E-state index is 12.8. The standard InChI is InChI=1S/C14H17ClFN/c15-14-9-13(16)6-5-12(14)10-17-8-7-11-3-1-2-4-11/h3,5-6,9,17H,1-2,4,7-8,10H2. The zero-order valence-electron chi connectivity index (χ0n) is 9.81. The molecule has 1 aliphatic carbocycles. The van der Waals surface area contributed by atoms with Crippen molar-refractivity contribution in [2.24, 2.45) is 0 Å². The van der Waals surface area contributed by atoms with Gasteiger partial charge in [0.05, 0.1) is 0 Å². The highest BCUT2D eigenvalue weighted by atomic mass is 35.5. The van der Waals surface area contributed by atoms with Gasteiger partial charge in [-0.15, -0.1) is 0 Å². The van der Waals surface area contributed by atoms with Gasteiger partial charge in [-0.25, -0.2) is 4.39 Å². The first kappa shape index (κ1) is 12.6. The van der Waals surface area contributed by atoms with E-state index in [4.69, 9.17) is 11.6 Å². The summed E-state index contributed by atoms with van der Waals surface area (Å²) in [4.78, 5) is 0. The van der Waals surface area contributed by atoms with E-state index in [0.29, 0.717) is 11.6 Å². The summed E-state index contributed by atoms with van der Waals surface area (Å²) >= 11 is 5.94. The lowest BCUT2D eigenvalue weighted by Crippen LogP contribution is -2.15. The van der Waals surface area contributed by atoms with E-state index in [9.17, 15) is 4.39 Å². The number of benzene rings is 1. The molecule has 0 unspecified atom stereocenters.